The van der Waals surface area contributed by atoms with E-state index in [4.69, 9.17) is 10.5 Å². The van der Waals surface area contributed by atoms with Crippen LogP contribution in [0.25, 0.3) is 0 Å². The molecule has 18 heavy (non-hydrogen) atoms. The molecule has 7 nitrogen and oxygen atoms in total. The monoisotopic (exact) mass is 254 g/mol. The van der Waals surface area contributed by atoms with E-state index in [-0.39, 0.29) is 19.0 Å². The van der Waals surface area contributed by atoms with Crippen LogP contribution in [0.1, 0.15) is 18.3 Å². The van der Waals surface area contributed by atoms with Crippen molar-refractivity contribution >= 4 is 17.6 Å². The third-order valence-electron chi connectivity index (χ3n) is 2.47. The Morgan fingerprint density at radius 3 is 2.61 bits per heavy atom. The van der Waals surface area contributed by atoms with Crippen molar-refractivity contribution in [1.82, 2.24) is 15.1 Å². The van der Waals surface area contributed by atoms with Gasteiger partial charge in [0.1, 0.15) is 13.1 Å². The molecule has 0 saturated carbocycles. The average Bonchev–Trinajstić information content (AvgIpc) is 2.55. The van der Waals surface area contributed by atoms with Crippen LogP contribution in [0, 0.1) is 13.8 Å². The molecule has 1 amide bonds. The largest absolute Gasteiger partial charge is 0.465 e. The van der Waals surface area contributed by atoms with E-state index < -0.39 is 5.97 Å². The summed E-state index contributed by atoms with van der Waals surface area (Å²) in [6.07, 6.45) is 0. The summed E-state index contributed by atoms with van der Waals surface area (Å²) in [6, 6.07) is 0. The predicted molar refractivity (Wildman–Crippen MR) is 65.8 cm³/mol. The van der Waals surface area contributed by atoms with Gasteiger partial charge in [-0.05, 0) is 20.8 Å². The Hall–Kier alpha value is -2.05. The lowest BCUT2D eigenvalue weighted by atomic mass is 10.3. The van der Waals surface area contributed by atoms with Gasteiger partial charge in [0.2, 0.25) is 5.91 Å². The van der Waals surface area contributed by atoms with Crippen molar-refractivity contribution in [3.63, 3.8) is 0 Å². The maximum atomic E-state index is 11.6. The zero-order valence-electron chi connectivity index (χ0n) is 10.8. The molecule has 0 radical (unpaired) electrons. The van der Waals surface area contributed by atoms with E-state index in [1.54, 1.807) is 20.8 Å². The molecule has 7 heteroatoms. The van der Waals surface area contributed by atoms with Crippen molar-refractivity contribution in [2.45, 2.75) is 27.3 Å². The van der Waals surface area contributed by atoms with Crippen LogP contribution in [0.2, 0.25) is 0 Å². The van der Waals surface area contributed by atoms with E-state index in [1.807, 2.05) is 0 Å². The third-order valence-corrected chi connectivity index (χ3v) is 2.47. The first kappa shape index (κ1) is 14.0. The highest BCUT2D eigenvalue weighted by Gasteiger charge is 2.12. The van der Waals surface area contributed by atoms with Crippen molar-refractivity contribution < 1.29 is 14.3 Å². The van der Waals surface area contributed by atoms with Crippen LogP contribution >= 0.6 is 0 Å². The van der Waals surface area contributed by atoms with Crippen LogP contribution in [-0.2, 0) is 20.9 Å². The number of hydrogen-bond acceptors (Lipinski definition) is 5. The second kappa shape index (κ2) is 6.04. The van der Waals surface area contributed by atoms with E-state index in [9.17, 15) is 9.59 Å². The number of hydrogen-bond donors (Lipinski definition) is 2. The molecule has 0 fully saturated rings. The molecule has 1 aromatic heterocycles. The number of carbonyl (C=O) groups is 2. The van der Waals surface area contributed by atoms with Gasteiger partial charge in [-0.1, -0.05) is 0 Å². The predicted octanol–water partition coefficient (Wildman–Crippen LogP) is -0.239. The van der Waals surface area contributed by atoms with Crippen LogP contribution < -0.4 is 11.1 Å². The van der Waals surface area contributed by atoms with Crippen molar-refractivity contribution in [2.24, 2.45) is 0 Å². The normalized spacial score (nSPS) is 10.2. The van der Waals surface area contributed by atoms with Gasteiger partial charge in [-0.15, -0.1) is 0 Å². The lowest BCUT2D eigenvalue weighted by Crippen LogP contribution is -2.33. The summed E-state index contributed by atoms with van der Waals surface area (Å²) in [7, 11) is 0. The first-order valence-corrected chi connectivity index (χ1v) is 5.67. The number of aromatic nitrogens is 2. The molecule has 0 aliphatic heterocycles. The van der Waals surface area contributed by atoms with Crippen molar-refractivity contribution in [1.29, 1.82) is 0 Å². The standard InChI is InChI=1S/C11H18N4O3/c1-4-18-10(17)5-13-9(16)6-15-8(3)11(12)7(2)14-15/h4-6,12H2,1-3H3,(H,13,16). The minimum absolute atomic E-state index is 0.0310. The lowest BCUT2D eigenvalue weighted by molar-refractivity contribution is -0.143. The molecule has 1 rings (SSSR count). The first-order chi connectivity index (χ1) is 8.45. The van der Waals surface area contributed by atoms with Crippen LogP contribution in [-0.4, -0.2) is 34.8 Å². The van der Waals surface area contributed by atoms with Crippen LogP contribution in [0.3, 0.4) is 0 Å². The molecule has 1 aromatic rings. The minimum Gasteiger partial charge on any atom is -0.465 e. The summed E-state index contributed by atoms with van der Waals surface area (Å²) in [5.41, 5.74) is 7.75. The van der Waals surface area contributed by atoms with Gasteiger partial charge in [0, 0.05) is 0 Å². The molecular formula is C11H18N4O3. The van der Waals surface area contributed by atoms with E-state index in [0.717, 1.165) is 5.69 Å². The maximum Gasteiger partial charge on any atom is 0.325 e. The number of nitrogen functional groups attached to an aromatic ring is 1. The van der Waals surface area contributed by atoms with Crippen molar-refractivity contribution in [3.8, 4) is 0 Å². The fourth-order valence-electron chi connectivity index (χ4n) is 1.44. The zero-order chi connectivity index (χ0) is 13.7. The molecule has 0 aromatic carbocycles. The van der Waals surface area contributed by atoms with Crippen LogP contribution in [0.15, 0.2) is 0 Å². The second-order valence-corrected chi connectivity index (χ2v) is 3.82. The molecule has 1 heterocycles. The van der Waals surface area contributed by atoms with Crippen LogP contribution in [0.5, 0.6) is 0 Å². The molecule has 0 unspecified atom stereocenters. The smallest absolute Gasteiger partial charge is 0.325 e. The van der Waals surface area contributed by atoms with Gasteiger partial charge >= 0.3 is 5.97 Å². The molecule has 0 aliphatic carbocycles. The number of rotatable bonds is 5. The summed E-state index contributed by atoms with van der Waals surface area (Å²) in [6.45, 7) is 5.45. The van der Waals surface area contributed by atoms with E-state index in [2.05, 4.69) is 10.4 Å². The fourth-order valence-corrected chi connectivity index (χ4v) is 1.44. The molecule has 100 valence electrons. The number of anilines is 1. The number of nitrogens with zero attached hydrogens (tertiary/aromatic N) is 2. The highest BCUT2D eigenvalue weighted by Crippen LogP contribution is 2.14. The Kier molecular flexibility index (Phi) is 4.70. The highest BCUT2D eigenvalue weighted by atomic mass is 16.5. The molecule has 0 saturated heterocycles. The highest BCUT2D eigenvalue weighted by molar-refractivity contribution is 5.81. The summed E-state index contributed by atoms with van der Waals surface area (Å²) in [5, 5.41) is 6.58. The molecule has 3 N–H and O–H groups in total. The number of carbonyl (C=O) groups excluding carboxylic acids is 2. The minimum atomic E-state index is -0.460. The van der Waals surface area contributed by atoms with Gasteiger partial charge in [0.15, 0.2) is 0 Å². The first-order valence-electron chi connectivity index (χ1n) is 5.67. The Morgan fingerprint density at radius 2 is 2.11 bits per heavy atom. The number of ether oxygens (including phenoxy) is 1. The van der Waals surface area contributed by atoms with Gasteiger partial charge < -0.3 is 15.8 Å². The third kappa shape index (κ3) is 3.47. The van der Waals surface area contributed by atoms with Gasteiger partial charge in [0.25, 0.3) is 0 Å². The molecular weight excluding hydrogens is 236 g/mol. The van der Waals surface area contributed by atoms with E-state index in [1.165, 1.54) is 4.68 Å². The molecule has 0 spiro atoms. The molecule has 0 atom stereocenters. The Balaban J connectivity index is 2.50. The second-order valence-electron chi connectivity index (χ2n) is 3.82. The fraction of sp³-hybridized carbons (Fsp3) is 0.545. The van der Waals surface area contributed by atoms with Gasteiger partial charge in [-0.25, -0.2) is 0 Å². The van der Waals surface area contributed by atoms with E-state index >= 15 is 0 Å². The van der Waals surface area contributed by atoms with Gasteiger partial charge in [0.05, 0.1) is 23.7 Å². The number of aryl methyl sites for hydroxylation is 1. The quantitative estimate of drug-likeness (QED) is 0.706. The number of amides is 1. The van der Waals surface area contributed by atoms with Crippen LogP contribution in [0.4, 0.5) is 5.69 Å². The average molecular weight is 254 g/mol. The lowest BCUT2D eigenvalue weighted by Gasteiger charge is -2.06. The Morgan fingerprint density at radius 1 is 1.44 bits per heavy atom. The van der Waals surface area contributed by atoms with Crippen molar-refractivity contribution in [3.05, 3.63) is 11.4 Å². The SMILES string of the molecule is CCOC(=O)CNC(=O)Cn1nc(C)c(N)c1C. The summed E-state index contributed by atoms with van der Waals surface area (Å²) in [4.78, 5) is 22.6. The summed E-state index contributed by atoms with van der Waals surface area (Å²) in [5.74, 6) is -0.771. The Labute approximate surface area is 105 Å². The molecule has 0 bridgehead atoms. The van der Waals surface area contributed by atoms with Crippen molar-refractivity contribution in [2.75, 3.05) is 18.9 Å². The van der Waals surface area contributed by atoms with E-state index in [0.29, 0.717) is 18.0 Å². The topological polar surface area (TPSA) is 99.2 Å². The maximum absolute atomic E-state index is 11.6. The number of nitrogens with one attached hydrogen (secondary N) is 1. The Bertz CT molecular complexity index is 453. The number of esters is 1. The van der Waals surface area contributed by atoms with Gasteiger partial charge in [-0.3, -0.25) is 14.3 Å². The number of nitrogens with two attached hydrogens (primary N) is 1. The summed E-state index contributed by atoms with van der Waals surface area (Å²) < 4.78 is 6.20. The molecule has 0 aliphatic rings. The van der Waals surface area contributed by atoms with Gasteiger partial charge in [-0.2, -0.15) is 5.10 Å². The zero-order valence-corrected chi connectivity index (χ0v) is 10.8. The summed E-state index contributed by atoms with van der Waals surface area (Å²) >= 11 is 0.